The molecule has 0 N–H and O–H groups in total. The van der Waals surface area contributed by atoms with E-state index in [0.717, 1.165) is 5.69 Å². The number of pyridine rings is 1. The van der Waals surface area contributed by atoms with Gasteiger partial charge in [-0.15, -0.1) is 11.3 Å². The van der Waals surface area contributed by atoms with Crippen LogP contribution in [0.1, 0.15) is 82.6 Å². The lowest BCUT2D eigenvalue weighted by Gasteiger charge is -2.43. The Bertz CT molecular complexity index is 1630. The Kier molecular flexibility index (Phi) is 4.96. The topological polar surface area (TPSA) is 12.9 Å². The number of rotatable bonds is 2. The quantitative estimate of drug-likeness (QED) is 0.246. The van der Waals surface area contributed by atoms with E-state index in [-0.39, 0.29) is 10.8 Å². The average molecular weight is 478 g/mol. The van der Waals surface area contributed by atoms with Gasteiger partial charge in [-0.3, -0.25) is 4.98 Å². The number of benzene rings is 3. The maximum atomic E-state index is 4.99. The molecular weight excluding hydrogens is 442 g/mol. The van der Waals surface area contributed by atoms with Crippen LogP contribution in [-0.2, 0) is 10.8 Å². The Balaban J connectivity index is 1.69. The van der Waals surface area contributed by atoms with E-state index in [0.29, 0.717) is 5.92 Å². The molecule has 1 aliphatic carbocycles. The first kappa shape index (κ1) is 22.7. The summed E-state index contributed by atoms with van der Waals surface area (Å²) in [5, 5.41) is 5.43. The van der Waals surface area contributed by atoms with Crippen molar-refractivity contribution in [2.45, 2.75) is 78.1 Å². The molecule has 0 amide bonds. The van der Waals surface area contributed by atoms with Crippen LogP contribution in [0.3, 0.4) is 0 Å². The van der Waals surface area contributed by atoms with Crippen LogP contribution in [0.25, 0.3) is 42.2 Å². The highest BCUT2D eigenvalue weighted by atomic mass is 32.1. The van der Waals surface area contributed by atoms with E-state index < -0.39 is 0 Å². The van der Waals surface area contributed by atoms with Gasteiger partial charge in [-0.25, -0.2) is 0 Å². The molecule has 178 valence electrons. The van der Waals surface area contributed by atoms with Crippen molar-refractivity contribution >= 4 is 42.3 Å². The standard InChI is InChI=1S/C33H35NS/c1-19(2)21-12-13-24(23-11-9-8-10-22(21)23)30-31-25(14-17-34-30)28-20(3)29-26(18-27(28)35-31)32(4,5)15-16-33(29,6)7/h8-14,17-19H,15-16H2,1-7H3. The number of aromatic nitrogens is 1. The first-order valence-corrected chi connectivity index (χ1v) is 13.8. The minimum Gasteiger partial charge on any atom is -0.255 e. The summed E-state index contributed by atoms with van der Waals surface area (Å²) in [5.41, 5.74) is 8.77. The normalized spacial score (nSPS) is 16.9. The molecule has 1 aliphatic rings. The van der Waals surface area contributed by atoms with Crippen LogP contribution < -0.4 is 0 Å². The maximum Gasteiger partial charge on any atom is 0.0886 e. The van der Waals surface area contributed by atoms with Gasteiger partial charge in [-0.1, -0.05) is 77.9 Å². The van der Waals surface area contributed by atoms with Gasteiger partial charge in [-0.05, 0) is 81.7 Å². The fourth-order valence-electron chi connectivity index (χ4n) is 6.58. The highest BCUT2D eigenvalue weighted by Gasteiger charge is 2.39. The molecule has 1 nitrogen and oxygen atoms in total. The second kappa shape index (κ2) is 7.64. The zero-order valence-electron chi connectivity index (χ0n) is 22.0. The second-order valence-corrected chi connectivity index (χ2v) is 13.2. The molecule has 5 aromatic rings. The summed E-state index contributed by atoms with van der Waals surface area (Å²) in [6.07, 6.45) is 4.50. The lowest BCUT2D eigenvalue weighted by Crippen LogP contribution is -2.34. The van der Waals surface area contributed by atoms with Gasteiger partial charge >= 0.3 is 0 Å². The monoisotopic (exact) mass is 477 g/mol. The number of hydrogen-bond donors (Lipinski definition) is 0. The summed E-state index contributed by atoms with van der Waals surface area (Å²) >= 11 is 1.93. The summed E-state index contributed by atoms with van der Waals surface area (Å²) in [6, 6.07) is 18.2. The van der Waals surface area contributed by atoms with Crippen molar-refractivity contribution in [2.75, 3.05) is 0 Å². The van der Waals surface area contributed by atoms with Crippen LogP contribution >= 0.6 is 11.3 Å². The molecular formula is C33H35NS. The highest BCUT2D eigenvalue weighted by Crippen LogP contribution is 2.52. The first-order chi connectivity index (χ1) is 16.6. The van der Waals surface area contributed by atoms with Gasteiger partial charge in [0.1, 0.15) is 0 Å². The minimum atomic E-state index is 0.204. The average Bonchev–Trinajstić information content (AvgIpc) is 3.20. The van der Waals surface area contributed by atoms with Crippen molar-refractivity contribution in [3.8, 4) is 11.3 Å². The van der Waals surface area contributed by atoms with Crippen molar-refractivity contribution in [3.05, 3.63) is 77.0 Å². The Morgan fingerprint density at radius 3 is 2.31 bits per heavy atom. The smallest absolute Gasteiger partial charge is 0.0886 e. The van der Waals surface area contributed by atoms with Gasteiger partial charge in [0.15, 0.2) is 0 Å². The number of thiophene rings is 1. The maximum absolute atomic E-state index is 4.99. The third kappa shape index (κ3) is 3.29. The Morgan fingerprint density at radius 1 is 0.857 bits per heavy atom. The van der Waals surface area contributed by atoms with Gasteiger partial charge in [0.05, 0.1) is 10.4 Å². The van der Waals surface area contributed by atoms with Crippen LogP contribution in [-0.4, -0.2) is 4.98 Å². The zero-order valence-corrected chi connectivity index (χ0v) is 22.9. The van der Waals surface area contributed by atoms with Crippen LogP contribution in [0.4, 0.5) is 0 Å². The molecule has 35 heavy (non-hydrogen) atoms. The van der Waals surface area contributed by atoms with Crippen molar-refractivity contribution in [3.63, 3.8) is 0 Å². The summed E-state index contributed by atoms with van der Waals surface area (Å²) < 4.78 is 2.71. The molecule has 2 heteroatoms. The molecule has 0 saturated carbocycles. The Morgan fingerprint density at radius 2 is 1.57 bits per heavy atom. The molecule has 2 aromatic heterocycles. The largest absolute Gasteiger partial charge is 0.255 e. The molecule has 6 rings (SSSR count). The van der Waals surface area contributed by atoms with Crippen molar-refractivity contribution in [1.29, 1.82) is 0 Å². The van der Waals surface area contributed by atoms with Crippen LogP contribution in [0.15, 0.2) is 54.7 Å². The van der Waals surface area contributed by atoms with Crippen molar-refractivity contribution in [1.82, 2.24) is 4.98 Å². The molecule has 0 aliphatic heterocycles. The molecule has 0 unspecified atom stereocenters. The van der Waals surface area contributed by atoms with E-state index in [2.05, 4.69) is 97.0 Å². The van der Waals surface area contributed by atoms with E-state index in [1.807, 2.05) is 17.5 Å². The van der Waals surface area contributed by atoms with Crippen LogP contribution in [0, 0.1) is 6.92 Å². The van der Waals surface area contributed by atoms with Gasteiger partial charge in [0.25, 0.3) is 0 Å². The summed E-state index contributed by atoms with van der Waals surface area (Å²) in [5.74, 6) is 0.489. The Labute approximate surface area is 213 Å². The number of aryl methyl sites for hydroxylation is 1. The van der Waals surface area contributed by atoms with Crippen LogP contribution in [0.5, 0.6) is 0 Å². The fourth-order valence-corrected chi connectivity index (χ4v) is 7.88. The predicted molar refractivity (Wildman–Crippen MR) is 154 cm³/mol. The van der Waals surface area contributed by atoms with Crippen LogP contribution in [0.2, 0.25) is 0 Å². The summed E-state index contributed by atoms with van der Waals surface area (Å²) in [6.45, 7) is 16.6. The minimum absolute atomic E-state index is 0.204. The molecule has 0 atom stereocenters. The molecule has 3 aromatic carbocycles. The third-order valence-electron chi connectivity index (χ3n) is 8.54. The van der Waals surface area contributed by atoms with Gasteiger partial charge in [-0.2, -0.15) is 0 Å². The lowest BCUT2D eigenvalue weighted by atomic mass is 9.62. The summed E-state index contributed by atoms with van der Waals surface area (Å²) in [4.78, 5) is 4.99. The number of nitrogens with zero attached hydrogens (tertiary/aromatic N) is 1. The third-order valence-corrected chi connectivity index (χ3v) is 9.70. The Hall–Kier alpha value is -2.71. The fraction of sp³-hybridized carbons (Fsp3) is 0.364. The summed E-state index contributed by atoms with van der Waals surface area (Å²) in [7, 11) is 0. The molecule has 0 saturated heterocycles. The molecule has 0 spiro atoms. The van der Waals surface area contributed by atoms with Gasteiger partial charge < -0.3 is 0 Å². The lowest BCUT2D eigenvalue weighted by molar-refractivity contribution is 0.331. The molecule has 0 radical (unpaired) electrons. The SMILES string of the molecule is Cc1c2c(cc3sc4c(-c5ccc(C(C)C)c6ccccc56)nccc4c13)C(C)(C)CCC2(C)C. The second-order valence-electron chi connectivity index (χ2n) is 12.1. The predicted octanol–water partition coefficient (Wildman–Crippen LogP) is 10.1. The molecule has 2 heterocycles. The van der Waals surface area contributed by atoms with Crippen molar-refractivity contribution in [2.24, 2.45) is 0 Å². The molecule has 0 bridgehead atoms. The first-order valence-electron chi connectivity index (χ1n) is 13.0. The zero-order chi connectivity index (χ0) is 24.7. The van der Waals surface area contributed by atoms with Gasteiger partial charge in [0, 0.05) is 27.2 Å². The molecule has 0 fully saturated rings. The van der Waals surface area contributed by atoms with E-state index >= 15 is 0 Å². The number of hydrogen-bond acceptors (Lipinski definition) is 2. The van der Waals surface area contributed by atoms with E-state index in [1.54, 1.807) is 11.1 Å². The number of fused-ring (bicyclic) bond motifs is 5. The van der Waals surface area contributed by atoms with E-state index in [1.165, 1.54) is 60.5 Å². The van der Waals surface area contributed by atoms with Gasteiger partial charge in [0.2, 0.25) is 0 Å². The highest BCUT2D eigenvalue weighted by molar-refractivity contribution is 7.26. The van der Waals surface area contributed by atoms with E-state index in [9.17, 15) is 0 Å². The van der Waals surface area contributed by atoms with E-state index in [4.69, 9.17) is 4.98 Å². The van der Waals surface area contributed by atoms with Crippen molar-refractivity contribution < 1.29 is 0 Å².